The molecule has 6 heterocycles. The number of ether oxygens (including phenoxy) is 6. The van der Waals surface area contributed by atoms with Gasteiger partial charge in [-0.05, 0) is 132 Å². The number of nitrogens with one attached hydrogen (secondary N) is 2. The number of cyclic esters (lactones) is 3. The second-order valence-electron chi connectivity index (χ2n) is 29.2. The van der Waals surface area contributed by atoms with E-state index in [0.717, 1.165) is 4.90 Å². The average Bonchev–Trinajstić information content (AvgIpc) is 0.855. The Hall–Kier alpha value is -7.74. The van der Waals surface area contributed by atoms with E-state index in [4.69, 9.17) is 28.4 Å². The van der Waals surface area contributed by atoms with E-state index in [0.29, 0.717) is 132 Å². The van der Waals surface area contributed by atoms with E-state index in [2.05, 4.69) is 10.6 Å². The number of likely N-dealkylation sites (tertiary alicyclic amines) is 1. The van der Waals surface area contributed by atoms with Gasteiger partial charge in [-0.25, -0.2) is 14.4 Å². The fourth-order valence-corrected chi connectivity index (χ4v) is 14.0. The first-order valence-electron chi connectivity index (χ1n) is 37.6. The van der Waals surface area contributed by atoms with Crippen molar-refractivity contribution < 1.29 is 101 Å². The number of aliphatic hydroxyl groups is 3. The van der Waals surface area contributed by atoms with Crippen LogP contribution in [0.5, 0.6) is 0 Å². The van der Waals surface area contributed by atoms with Crippen LogP contribution in [-0.4, -0.2) is 174 Å². The molecule has 15 atom stereocenters. The van der Waals surface area contributed by atoms with Crippen molar-refractivity contribution >= 4 is 70.7 Å². The first-order valence-corrected chi connectivity index (χ1v) is 37.6. The molecule has 6 amide bonds. The number of hydrogen-bond donors (Lipinski definition) is 5. The van der Waals surface area contributed by atoms with Crippen molar-refractivity contribution in [1.29, 1.82) is 0 Å². The lowest BCUT2D eigenvalue weighted by atomic mass is 9.86. The predicted molar refractivity (Wildman–Crippen MR) is 398 cm³/mol. The van der Waals surface area contributed by atoms with Gasteiger partial charge >= 0.3 is 17.9 Å². The number of rotatable bonds is 21. The van der Waals surface area contributed by atoms with E-state index < -0.39 is 90.6 Å². The van der Waals surface area contributed by atoms with Gasteiger partial charge in [0.25, 0.3) is 0 Å². The molecule has 5 N–H and O–H groups in total. The number of piperidine rings is 3. The van der Waals surface area contributed by atoms with Gasteiger partial charge in [-0.2, -0.15) is 0 Å². The Morgan fingerprint density at radius 3 is 0.934 bits per heavy atom. The number of methoxy groups -OCH3 is 3. The van der Waals surface area contributed by atoms with Crippen molar-refractivity contribution in [3.8, 4) is 0 Å². The minimum atomic E-state index is -0.804. The SMILES string of the molecule is CO[C@H]1/C=C/CC/C=C/C(=O)O[C@H]([C@H](C)C(=O)CCCC2CC(=O)N(C)C(=O)C2)/C(C)=C\[C@@H](C)[C@@H]1O.CO[C@H]1/C=C/CC/C=C/C(=O)O[C@H]([C@H](C)C(=O)CCCC2CC(=O)NC(=O)C2)/C(C)=C\[C@@H](C)[C@@H]1O.CO[C@H]1/C=C/CC/C=C/C(=O)O[C@H]([C@H](C)C(=O)CCCC2CC(=O)NC(=O)C2)/C(C)=C\[C@@H](C)[C@@H]1O. The van der Waals surface area contributed by atoms with Crippen LogP contribution < -0.4 is 10.6 Å². The number of esters is 3. The molecule has 0 spiro atoms. The van der Waals surface area contributed by atoms with Gasteiger partial charge in [0.1, 0.15) is 54.0 Å². The molecule has 0 aliphatic carbocycles. The Balaban J connectivity index is 0.000000336. The largest absolute Gasteiger partial charge is 0.454 e. The number of ketones is 3. The number of nitrogens with zero attached hydrogens (tertiary/aromatic N) is 1. The molecule has 6 rings (SSSR count). The van der Waals surface area contributed by atoms with E-state index in [1.54, 1.807) is 81.1 Å². The zero-order valence-electron chi connectivity index (χ0n) is 64.5. The Labute approximate surface area is 626 Å². The second-order valence-corrected chi connectivity index (χ2v) is 29.2. The smallest absolute Gasteiger partial charge is 0.331 e. The van der Waals surface area contributed by atoms with Gasteiger partial charge in [-0.3, -0.25) is 58.7 Å². The molecule has 0 radical (unpaired) electrons. The van der Waals surface area contributed by atoms with Crippen LogP contribution in [0.15, 0.2) is 108 Å². The summed E-state index contributed by atoms with van der Waals surface area (Å²) in [5, 5.41) is 36.9. The van der Waals surface area contributed by atoms with Crippen molar-refractivity contribution in [2.75, 3.05) is 28.4 Å². The number of aliphatic hydroxyl groups excluding tert-OH is 3. The van der Waals surface area contributed by atoms with Crippen LogP contribution in [-0.2, 0) is 86.0 Å². The van der Waals surface area contributed by atoms with Crippen LogP contribution in [0, 0.1) is 53.3 Å². The van der Waals surface area contributed by atoms with Crippen molar-refractivity contribution in [3.05, 3.63) is 108 Å². The van der Waals surface area contributed by atoms with Gasteiger partial charge in [-0.15, -0.1) is 0 Å². The number of amides is 6. The minimum absolute atomic E-state index is 0.0478. The zero-order chi connectivity index (χ0) is 78.7. The van der Waals surface area contributed by atoms with E-state index in [1.165, 1.54) is 25.3 Å². The minimum Gasteiger partial charge on any atom is -0.454 e. The summed E-state index contributed by atoms with van der Waals surface area (Å²) >= 11 is 0. The molecule has 24 heteroatoms. The number of Topliss-reactive ketones (excluding diaryl/α,β-unsaturated/α-hetero) is 3. The molecule has 0 aromatic rings. The topological polar surface area (TPSA) is 348 Å². The second kappa shape index (κ2) is 47.1. The molecule has 3 saturated heterocycles. The highest BCUT2D eigenvalue weighted by atomic mass is 16.6. The third-order valence-corrected chi connectivity index (χ3v) is 20.5. The summed E-state index contributed by atoms with van der Waals surface area (Å²) in [6, 6.07) is 0. The fraction of sp³-hybridized carbons (Fsp3) is 0.634. The van der Waals surface area contributed by atoms with Crippen molar-refractivity contribution in [2.24, 2.45) is 53.3 Å². The normalized spacial score (nSPS) is 31.3. The van der Waals surface area contributed by atoms with Crippen LogP contribution in [0.3, 0.4) is 0 Å². The van der Waals surface area contributed by atoms with Gasteiger partial charge in [0.05, 0.1) is 36.1 Å². The summed E-state index contributed by atoms with van der Waals surface area (Å²) in [5.41, 5.74) is 2.06. The number of carbonyl (C=O) groups is 12. The highest BCUT2D eigenvalue weighted by molar-refractivity contribution is 5.99. The summed E-state index contributed by atoms with van der Waals surface area (Å²) in [6.07, 6.45) is 29.9. The average molecular weight is 1480 g/mol. The Morgan fingerprint density at radius 1 is 0.434 bits per heavy atom. The van der Waals surface area contributed by atoms with Gasteiger partial charge in [0, 0.05) is 122 Å². The Bertz CT molecular complexity index is 3090. The Morgan fingerprint density at radius 2 is 0.679 bits per heavy atom. The van der Waals surface area contributed by atoms with Gasteiger partial charge in [0.2, 0.25) is 35.4 Å². The van der Waals surface area contributed by atoms with Crippen LogP contribution >= 0.6 is 0 Å². The summed E-state index contributed by atoms with van der Waals surface area (Å²) in [5.74, 6) is -5.98. The standard InChI is InChI=1S/C28H41NO7.2C27H39NO7/c1-18-15-19(2)28(36-26(33)14-9-7-6-8-13-23(35-5)27(18)34)20(3)22(30)12-10-11-21-16-24(31)29(4)25(32)17-21;2*1-17-14-18(2)27(35-25(32)13-8-6-5-7-12-22(34-4)26(17)33)19(3)21(29)11-9-10-20-15-23(30)28-24(31)16-20/h8-9,13-15,18,20-21,23,27-28,34H,6-7,10-12,16-17H2,1-5H3;2*7-8,12-14,17,19-20,22,26-27,33H,5-6,9-11,15-16H2,1-4H3,(H,28,30,31)/b13-8+,14-9+,19-15-;2*12-7+,13-8+,18-14-/t18-,20-,23+,27+,28+;2*17-,19-,22+,26+,27+/m111/s1. The van der Waals surface area contributed by atoms with Crippen LogP contribution in [0.4, 0.5) is 0 Å². The van der Waals surface area contributed by atoms with Crippen molar-refractivity contribution in [2.45, 2.75) is 252 Å². The summed E-state index contributed by atoms with van der Waals surface area (Å²) in [6.45, 7) is 16.2. The molecule has 3 fully saturated rings. The van der Waals surface area contributed by atoms with E-state index in [9.17, 15) is 72.9 Å². The summed E-state index contributed by atoms with van der Waals surface area (Å²) < 4.78 is 33.5. The molecule has 0 saturated carbocycles. The quantitative estimate of drug-likeness (QED) is 0.0309. The lowest BCUT2D eigenvalue weighted by molar-refractivity contribution is -0.149. The maximum absolute atomic E-state index is 13.1. The molecule has 106 heavy (non-hydrogen) atoms. The molecular formula is C82H119N3O21. The maximum Gasteiger partial charge on any atom is 0.331 e. The van der Waals surface area contributed by atoms with E-state index in [-0.39, 0.29) is 108 Å². The first kappa shape index (κ1) is 90.7. The fourth-order valence-electron chi connectivity index (χ4n) is 14.0. The first-order chi connectivity index (χ1) is 50.3. The van der Waals surface area contributed by atoms with Crippen LogP contribution in [0.25, 0.3) is 0 Å². The predicted octanol–water partition coefficient (Wildman–Crippen LogP) is 9.92. The zero-order valence-corrected chi connectivity index (χ0v) is 64.5. The van der Waals surface area contributed by atoms with Crippen LogP contribution in [0.2, 0.25) is 0 Å². The summed E-state index contributed by atoms with van der Waals surface area (Å²) in [7, 11) is 6.14. The number of hydrogen-bond acceptors (Lipinski definition) is 21. The lowest BCUT2D eigenvalue weighted by Gasteiger charge is -2.28. The van der Waals surface area contributed by atoms with Crippen LogP contribution in [0.1, 0.15) is 197 Å². The molecule has 6 aliphatic rings. The number of carbonyl (C=O) groups excluding carboxylic acids is 12. The third kappa shape index (κ3) is 31.2. The molecular weight excluding hydrogens is 1360 g/mol. The van der Waals surface area contributed by atoms with Crippen molar-refractivity contribution in [1.82, 2.24) is 15.5 Å². The highest BCUT2D eigenvalue weighted by Crippen LogP contribution is 2.31. The molecule has 0 bridgehead atoms. The molecule has 588 valence electrons. The third-order valence-electron chi connectivity index (χ3n) is 20.5. The lowest BCUT2D eigenvalue weighted by Crippen LogP contribution is -2.40. The van der Waals surface area contributed by atoms with Crippen molar-refractivity contribution in [3.63, 3.8) is 0 Å². The van der Waals surface area contributed by atoms with Gasteiger partial charge in [0.15, 0.2) is 0 Å². The monoisotopic (exact) mass is 1480 g/mol. The van der Waals surface area contributed by atoms with Gasteiger partial charge < -0.3 is 43.7 Å². The van der Waals surface area contributed by atoms with E-state index >= 15 is 0 Å². The number of allylic oxidation sites excluding steroid dienone is 6. The van der Waals surface area contributed by atoms with E-state index in [1.807, 2.05) is 75.5 Å². The van der Waals surface area contributed by atoms with Gasteiger partial charge in [-0.1, -0.05) is 114 Å². The molecule has 24 nitrogen and oxygen atoms in total. The molecule has 6 aliphatic heterocycles. The molecule has 0 aromatic heterocycles. The summed E-state index contributed by atoms with van der Waals surface area (Å²) in [4.78, 5) is 148. The molecule has 0 aromatic carbocycles. The Kier molecular flexibility index (Phi) is 40.3. The highest BCUT2D eigenvalue weighted by Gasteiger charge is 2.36. The maximum atomic E-state index is 13.1. The molecule has 0 unspecified atom stereocenters. The number of imide groups is 3.